The summed E-state index contributed by atoms with van der Waals surface area (Å²) in [7, 11) is 2.54. The highest BCUT2D eigenvalue weighted by Crippen LogP contribution is 2.11. The summed E-state index contributed by atoms with van der Waals surface area (Å²) >= 11 is 4.38. The van der Waals surface area contributed by atoms with Crippen molar-refractivity contribution in [3.8, 4) is 0 Å². The van der Waals surface area contributed by atoms with Gasteiger partial charge in [0.1, 0.15) is 0 Å². The third kappa shape index (κ3) is 5.93. The van der Waals surface area contributed by atoms with Crippen LogP contribution in [-0.4, -0.2) is 37.9 Å². The van der Waals surface area contributed by atoms with Crippen LogP contribution >= 0.6 is 12.2 Å². The first-order valence-electron chi connectivity index (χ1n) is 4.34. The molecular weight excluding hydrogens is 218 g/mol. The zero-order valence-electron chi connectivity index (χ0n) is 8.69. The molecule has 0 aliphatic rings. The third-order valence-corrected chi connectivity index (χ3v) is 1.96. The minimum absolute atomic E-state index is 0.00385. The number of aliphatic imine (C=N–C) groups is 1. The van der Waals surface area contributed by atoms with Gasteiger partial charge in [-0.15, -0.1) is 0 Å². The molecule has 0 fully saturated rings. The van der Waals surface area contributed by atoms with Crippen molar-refractivity contribution in [2.24, 2.45) is 10.9 Å². The number of carbonyl (C=O) groups is 2. The van der Waals surface area contributed by atoms with Gasteiger partial charge in [-0.2, -0.15) is 0 Å². The van der Waals surface area contributed by atoms with E-state index in [0.717, 1.165) is 0 Å². The average molecular weight is 231 g/mol. The van der Waals surface area contributed by atoms with E-state index in [2.05, 4.69) is 31.8 Å². The van der Waals surface area contributed by atoms with E-state index >= 15 is 0 Å². The quantitative estimate of drug-likeness (QED) is 0.385. The lowest BCUT2D eigenvalue weighted by Crippen LogP contribution is -2.21. The van der Waals surface area contributed by atoms with E-state index < -0.39 is 17.9 Å². The van der Waals surface area contributed by atoms with Crippen LogP contribution < -0.4 is 0 Å². The summed E-state index contributed by atoms with van der Waals surface area (Å²) in [5.41, 5.74) is 0. The molecule has 0 N–H and O–H groups in total. The van der Waals surface area contributed by atoms with Gasteiger partial charge in [0.2, 0.25) is 0 Å². The number of carbonyl (C=O) groups excluding carboxylic acids is 2. The summed E-state index contributed by atoms with van der Waals surface area (Å²) in [4.78, 5) is 25.9. The number of hydrogen-bond acceptors (Lipinski definition) is 6. The fraction of sp³-hybridized carbons (Fsp3) is 0.667. The Labute approximate surface area is 93.5 Å². The molecule has 0 spiro atoms. The molecule has 84 valence electrons. The second-order valence-electron chi connectivity index (χ2n) is 2.76. The molecule has 5 nitrogen and oxygen atoms in total. The molecule has 0 heterocycles. The summed E-state index contributed by atoms with van der Waals surface area (Å²) in [6.07, 6.45) is 0.390. The van der Waals surface area contributed by atoms with E-state index in [1.807, 2.05) is 0 Å². The van der Waals surface area contributed by atoms with Crippen molar-refractivity contribution >= 4 is 29.3 Å². The van der Waals surface area contributed by atoms with Gasteiger partial charge >= 0.3 is 11.9 Å². The Hall–Kier alpha value is -1.26. The fourth-order valence-electron chi connectivity index (χ4n) is 1.02. The van der Waals surface area contributed by atoms with Crippen LogP contribution in [0, 0.1) is 5.92 Å². The highest BCUT2D eigenvalue weighted by molar-refractivity contribution is 7.78. The SMILES string of the molecule is COC(=O)CC(CCN=C=S)C(=O)OC. The molecule has 0 bridgehead atoms. The number of ether oxygens (including phenoxy) is 2. The van der Waals surface area contributed by atoms with Crippen LogP contribution in [0.2, 0.25) is 0 Å². The van der Waals surface area contributed by atoms with Crippen molar-refractivity contribution < 1.29 is 19.1 Å². The Morgan fingerprint density at radius 2 is 2.07 bits per heavy atom. The number of nitrogens with zero attached hydrogens (tertiary/aromatic N) is 1. The van der Waals surface area contributed by atoms with Crippen molar-refractivity contribution in [2.45, 2.75) is 12.8 Å². The lowest BCUT2D eigenvalue weighted by molar-refractivity contribution is -0.152. The van der Waals surface area contributed by atoms with Gasteiger partial charge in [0.25, 0.3) is 0 Å². The van der Waals surface area contributed by atoms with Crippen molar-refractivity contribution in [2.75, 3.05) is 20.8 Å². The Kier molecular flexibility index (Phi) is 7.40. The molecule has 0 aliphatic heterocycles. The minimum Gasteiger partial charge on any atom is -0.469 e. The highest BCUT2D eigenvalue weighted by atomic mass is 32.1. The summed E-state index contributed by atoms with van der Waals surface area (Å²) in [6, 6.07) is 0. The standard InChI is InChI=1S/C9H13NO4S/c1-13-8(11)5-7(9(12)14-2)3-4-10-6-15/h7H,3-5H2,1-2H3. The zero-order valence-corrected chi connectivity index (χ0v) is 9.50. The fourth-order valence-corrected chi connectivity index (χ4v) is 1.11. The molecule has 15 heavy (non-hydrogen) atoms. The van der Waals surface area contributed by atoms with Crippen molar-refractivity contribution in [1.29, 1.82) is 0 Å². The van der Waals surface area contributed by atoms with Gasteiger partial charge < -0.3 is 9.47 Å². The van der Waals surface area contributed by atoms with Crippen LogP contribution in [-0.2, 0) is 19.1 Å². The first kappa shape index (κ1) is 13.7. The Morgan fingerprint density at radius 1 is 1.40 bits per heavy atom. The van der Waals surface area contributed by atoms with E-state index in [0.29, 0.717) is 13.0 Å². The smallest absolute Gasteiger partial charge is 0.309 e. The molecule has 0 aromatic heterocycles. The van der Waals surface area contributed by atoms with Crippen LogP contribution in [0.1, 0.15) is 12.8 Å². The number of hydrogen-bond donors (Lipinski definition) is 0. The molecule has 1 unspecified atom stereocenters. The molecule has 0 aromatic carbocycles. The van der Waals surface area contributed by atoms with Crippen molar-refractivity contribution in [3.05, 3.63) is 0 Å². The van der Waals surface area contributed by atoms with Gasteiger partial charge in [-0.05, 0) is 18.6 Å². The number of thiocarbonyl (C=S) groups is 1. The lowest BCUT2D eigenvalue weighted by atomic mass is 10.0. The second-order valence-corrected chi connectivity index (χ2v) is 2.94. The summed E-state index contributed by atoms with van der Waals surface area (Å²) < 4.78 is 9.02. The molecule has 6 heteroatoms. The van der Waals surface area contributed by atoms with Crippen LogP contribution in [0.3, 0.4) is 0 Å². The van der Waals surface area contributed by atoms with Gasteiger partial charge in [-0.1, -0.05) is 0 Å². The number of esters is 2. The van der Waals surface area contributed by atoms with Crippen molar-refractivity contribution in [1.82, 2.24) is 0 Å². The molecule has 0 rings (SSSR count). The first-order chi connectivity index (χ1) is 7.15. The summed E-state index contributed by atoms with van der Waals surface area (Å²) in [5, 5.41) is 2.19. The van der Waals surface area contributed by atoms with Gasteiger partial charge in [-0.3, -0.25) is 9.59 Å². The maximum absolute atomic E-state index is 11.2. The Balaban J connectivity index is 4.23. The summed E-state index contributed by atoms with van der Waals surface area (Å²) in [6.45, 7) is 0.347. The topological polar surface area (TPSA) is 65.0 Å². The molecule has 0 aliphatic carbocycles. The maximum atomic E-state index is 11.2. The predicted octanol–water partition coefficient (Wildman–Crippen LogP) is 0.832. The van der Waals surface area contributed by atoms with Gasteiger partial charge in [0, 0.05) is 0 Å². The maximum Gasteiger partial charge on any atom is 0.309 e. The molecule has 1 atom stereocenters. The van der Waals surface area contributed by atoms with Crippen LogP contribution in [0.4, 0.5) is 0 Å². The average Bonchev–Trinajstić information content (AvgIpc) is 2.26. The van der Waals surface area contributed by atoms with Crippen LogP contribution in [0.5, 0.6) is 0 Å². The zero-order chi connectivity index (χ0) is 11.7. The number of rotatable bonds is 6. The molecule has 0 radical (unpaired) electrons. The number of isothiocyanates is 1. The normalized spacial score (nSPS) is 11.1. The van der Waals surface area contributed by atoms with Crippen LogP contribution in [0.25, 0.3) is 0 Å². The predicted molar refractivity (Wildman–Crippen MR) is 56.6 cm³/mol. The summed E-state index contributed by atoms with van der Waals surface area (Å²) in [5.74, 6) is -1.42. The molecule has 0 saturated carbocycles. The first-order valence-corrected chi connectivity index (χ1v) is 4.74. The monoisotopic (exact) mass is 231 g/mol. The van der Waals surface area contributed by atoms with Gasteiger partial charge in [-0.25, -0.2) is 4.99 Å². The van der Waals surface area contributed by atoms with Crippen LogP contribution in [0.15, 0.2) is 4.99 Å². The minimum atomic E-state index is -0.533. The number of methoxy groups -OCH3 is 2. The largest absolute Gasteiger partial charge is 0.469 e. The van der Waals surface area contributed by atoms with Gasteiger partial charge in [0.05, 0.1) is 38.3 Å². The van der Waals surface area contributed by atoms with E-state index in [1.165, 1.54) is 14.2 Å². The Bertz CT molecular complexity index is 273. The molecular formula is C9H13NO4S. The van der Waals surface area contributed by atoms with Gasteiger partial charge in [0.15, 0.2) is 0 Å². The lowest BCUT2D eigenvalue weighted by Gasteiger charge is -2.11. The van der Waals surface area contributed by atoms with Crippen molar-refractivity contribution in [3.63, 3.8) is 0 Å². The molecule has 0 amide bonds. The molecule has 0 aromatic rings. The van der Waals surface area contributed by atoms with E-state index in [1.54, 1.807) is 0 Å². The van der Waals surface area contributed by atoms with E-state index in [-0.39, 0.29) is 6.42 Å². The highest BCUT2D eigenvalue weighted by Gasteiger charge is 2.22. The second kappa shape index (κ2) is 8.08. The van der Waals surface area contributed by atoms with E-state index in [4.69, 9.17) is 0 Å². The van der Waals surface area contributed by atoms with E-state index in [9.17, 15) is 9.59 Å². The Morgan fingerprint density at radius 3 is 2.53 bits per heavy atom. The molecule has 0 saturated heterocycles. The third-order valence-electron chi connectivity index (χ3n) is 1.83.